The number of rotatable bonds is 5. The van der Waals surface area contributed by atoms with Gasteiger partial charge in [-0.15, -0.1) is 0 Å². The van der Waals surface area contributed by atoms with Crippen molar-refractivity contribution in [2.75, 3.05) is 0 Å². The van der Waals surface area contributed by atoms with Crippen molar-refractivity contribution in [2.45, 2.75) is 6.10 Å². The van der Waals surface area contributed by atoms with Crippen molar-refractivity contribution in [2.24, 2.45) is 0 Å². The maximum atomic E-state index is 12.8. The molecule has 0 aliphatic carbocycles. The summed E-state index contributed by atoms with van der Waals surface area (Å²) in [6.45, 7) is 0. The van der Waals surface area contributed by atoms with Crippen LogP contribution in [0.3, 0.4) is 0 Å². The smallest absolute Gasteiger partial charge is 0.339 e. The fourth-order valence-corrected chi connectivity index (χ4v) is 3.20. The average Bonchev–Trinajstić information content (AvgIpc) is 2.77. The number of ether oxygens (including phenoxy) is 1. The second-order valence-corrected chi connectivity index (χ2v) is 6.43. The highest BCUT2D eigenvalue weighted by atomic mass is 16.6. The second kappa shape index (κ2) is 7.90. The van der Waals surface area contributed by atoms with Gasteiger partial charge < -0.3 is 4.74 Å². The van der Waals surface area contributed by atoms with Gasteiger partial charge in [-0.05, 0) is 17.7 Å². The Morgan fingerprint density at radius 1 is 0.931 bits per heavy atom. The van der Waals surface area contributed by atoms with Gasteiger partial charge in [0.2, 0.25) is 0 Å². The van der Waals surface area contributed by atoms with E-state index in [0.29, 0.717) is 0 Å². The van der Waals surface area contributed by atoms with Crippen LogP contribution in [0.15, 0.2) is 91.1 Å². The molecular weight excluding hydrogens is 368 g/mol. The van der Waals surface area contributed by atoms with E-state index in [-0.39, 0.29) is 11.3 Å². The lowest BCUT2D eigenvalue weighted by Gasteiger charge is -2.20. The molecule has 0 N–H and O–H groups in total. The fraction of sp³-hybridized carbons (Fsp3) is 0.0435. The quantitative estimate of drug-likeness (QED) is 0.272. The van der Waals surface area contributed by atoms with E-state index in [2.05, 4.69) is 4.98 Å². The van der Waals surface area contributed by atoms with E-state index in [1.807, 2.05) is 60.7 Å². The monoisotopic (exact) mass is 384 g/mol. The van der Waals surface area contributed by atoms with E-state index in [0.717, 1.165) is 22.0 Å². The average molecular weight is 384 g/mol. The van der Waals surface area contributed by atoms with Crippen LogP contribution in [0.4, 0.5) is 5.69 Å². The Morgan fingerprint density at radius 2 is 1.69 bits per heavy atom. The van der Waals surface area contributed by atoms with E-state index in [4.69, 9.17) is 4.74 Å². The Balaban J connectivity index is 1.77. The Bertz CT molecular complexity index is 1190. The number of nitro groups is 1. The number of carbonyl (C=O) groups excluding carboxylic acids is 1. The van der Waals surface area contributed by atoms with Gasteiger partial charge in [-0.25, -0.2) is 4.79 Å². The molecule has 6 heteroatoms. The van der Waals surface area contributed by atoms with Gasteiger partial charge in [-0.1, -0.05) is 60.7 Å². The van der Waals surface area contributed by atoms with Gasteiger partial charge in [0.25, 0.3) is 5.69 Å². The van der Waals surface area contributed by atoms with Gasteiger partial charge in [-0.3, -0.25) is 15.1 Å². The molecule has 3 aromatic carbocycles. The molecule has 0 saturated heterocycles. The van der Waals surface area contributed by atoms with Crippen molar-refractivity contribution in [1.82, 2.24) is 4.98 Å². The highest BCUT2D eigenvalue weighted by molar-refractivity contribution is 5.91. The first kappa shape index (κ1) is 18.3. The molecule has 1 aromatic heterocycles. The number of benzene rings is 3. The zero-order valence-corrected chi connectivity index (χ0v) is 15.3. The van der Waals surface area contributed by atoms with Gasteiger partial charge in [0, 0.05) is 29.3 Å². The number of esters is 1. The summed E-state index contributed by atoms with van der Waals surface area (Å²) in [5.74, 6) is -0.643. The van der Waals surface area contributed by atoms with Crippen LogP contribution in [-0.2, 0) is 4.74 Å². The van der Waals surface area contributed by atoms with E-state index in [9.17, 15) is 14.9 Å². The Kier molecular flexibility index (Phi) is 4.99. The summed E-state index contributed by atoms with van der Waals surface area (Å²) < 4.78 is 5.85. The third kappa shape index (κ3) is 3.82. The number of para-hydroxylation sites is 1. The number of fused-ring (bicyclic) bond motifs is 1. The summed E-state index contributed by atoms with van der Waals surface area (Å²) in [4.78, 5) is 27.8. The van der Waals surface area contributed by atoms with Crippen LogP contribution in [0.5, 0.6) is 0 Å². The van der Waals surface area contributed by atoms with Crippen LogP contribution >= 0.6 is 0 Å². The van der Waals surface area contributed by atoms with Crippen LogP contribution in [0, 0.1) is 10.1 Å². The topological polar surface area (TPSA) is 82.3 Å². The van der Waals surface area contributed by atoms with E-state index >= 15 is 0 Å². The zero-order valence-electron chi connectivity index (χ0n) is 15.3. The summed E-state index contributed by atoms with van der Waals surface area (Å²) >= 11 is 0. The SMILES string of the molecule is O=C(OC(c1ccccc1)c1cccc2cccnc12)c1cccc([N+](=O)[O-])c1. The van der Waals surface area contributed by atoms with Gasteiger partial charge >= 0.3 is 5.97 Å². The highest BCUT2D eigenvalue weighted by Crippen LogP contribution is 2.31. The molecule has 0 aliphatic heterocycles. The standard InChI is InChI=1S/C23H16N2O4/c26-23(18-10-4-12-19(15-18)25(27)28)29-22(17-7-2-1-3-8-17)20-13-5-9-16-11-6-14-24-21(16)20/h1-15,22H. The number of pyridine rings is 1. The summed E-state index contributed by atoms with van der Waals surface area (Å²) in [5.41, 5.74) is 2.21. The zero-order chi connectivity index (χ0) is 20.2. The van der Waals surface area contributed by atoms with Gasteiger partial charge in [0.05, 0.1) is 16.0 Å². The molecule has 4 aromatic rings. The van der Waals surface area contributed by atoms with Crippen molar-refractivity contribution in [3.63, 3.8) is 0 Å². The molecule has 0 amide bonds. The molecular formula is C23H16N2O4. The van der Waals surface area contributed by atoms with Crippen LogP contribution in [-0.4, -0.2) is 15.9 Å². The fourth-order valence-electron chi connectivity index (χ4n) is 3.20. The molecule has 4 rings (SSSR count). The number of aromatic nitrogens is 1. The molecule has 6 nitrogen and oxygen atoms in total. The maximum Gasteiger partial charge on any atom is 0.339 e. The highest BCUT2D eigenvalue weighted by Gasteiger charge is 2.23. The van der Waals surface area contributed by atoms with Crippen LogP contribution in [0.2, 0.25) is 0 Å². The number of nitrogens with zero attached hydrogens (tertiary/aromatic N) is 2. The summed E-state index contributed by atoms with van der Waals surface area (Å²) in [6.07, 6.45) is 0.984. The first-order valence-electron chi connectivity index (χ1n) is 8.97. The van der Waals surface area contributed by atoms with E-state index in [1.165, 1.54) is 24.3 Å². The summed E-state index contributed by atoms with van der Waals surface area (Å²) in [7, 11) is 0. The van der Waals surface area contributed by atoms with Crippen LogP contribution < -0.4 is 0 Å². The Labute approximate surface area is 166 Å². The number of hydrogen-bond acceptors (Lipinski definition) is 5. The third-order valence-electron chi connectivity index (χ3n) is 4.57. The van der Waals surface area contributed by atoms with Crippen molar-refractivity contribution < 1.29 is 14.5 Å². The number of hydrogen-bond donors (Lipinski definition) is 0. The van der Waals surface area contributed by atoms with Crippen molar-refractivity contribution in [3.8, 4) is 0 Å². The molecule has 0 fully saturated rings. The molecule has 1 atom stereocenters. The predicted octanol–water partition coefficient (Wildman–Crippen LogP) is 5.09. The Morgan fingerprint density at radius 3 is 2.48 bits per heavy atom. The largest absolute Gasteiger partial charge is 0.449 e. The molecule has 142 valence electrons. The van der Waals surface area contributed by atoms with Gasteiger partial charge in [0.15, 0.2) is 6.10 Å². The molecule has 1 unspecified atom stereocenters. The molecule has 29 heavy (non-hydrogen) atoms. The molecule has 0 radical (unpaired) electrons. The molecule has 1 heterocycles. The number of carbonyl (C=O) groups is 1. The first-order chi connectivity index (χ1) is 14.1. The number of non-ortho nitro benzene ring substituents is 1. The lowest BCUT2D eigenvalue weighted by atomic mass is 9.98. The minimum absolute atomic E-state index is 0.119. The van der Waals surface area contributed by atoms with Gasteiger partial charge in [0.1, 0.15) is 0 Å². The second-order valence-electron chi connectivity index (χ2n) is 6.43. The third-order valence-corrected chi connectivity index (χ3v) is 4.57. The van der Waals surface area contributed by atoms with E-state index in [1.54, 1.807) is 6.20 Å². The first-order valence-corrected chi connectivity index (χ1v) is 8.97. The lowest BCUT2D eigenvalue weighted by molar-refractivity contribution is -0.384. The molecule has 0 spiro atoms. The number of nitro benzene ring substituents is 1. The lowest BCUT2D eigenvalue weighted by Crippen LogP contribution is -2.14. The predicted molar refractivity (Wildman–Crippen MR) is 109 cm³/mol. The normalized spacial score (nSPS) is 11.7. The van der Waals surface area contributed by atoms with E-state index < -0.39 is 17.0 Å². The molecule has 0 bridgehead atoms. The van der Waals surface area contributed by atoms with Crippen LogP contribution in [0.1, 0.15) is 27.6 Å². The molecule has 0 saturated carbocycles. The summed E-state index contributed by atoms with van der Waals surface area (Å²) in [6, 6.07) is 24.3. The minimum Gasteiger partial charge on any atom is -0.449 e. The van der Waals surface area contributed by atoms with Crippen molar-refractivity contribution in [3.05, 3.63) is 118 Å². The summed E-state index contributed by atoms with van der Waals surface area (Å²) in [5, 5.41) is 12.0. The Hall–Kier alpha value is -4.06. The maximum absolute atomic E-state index is 12.8. The van der Waals surface area contributed by atoms with Crippen molar-refractivity contribution in [1.29, 1.82) is 0 Å². The van der Waals surface area contributed by atoms with Gasteiger partial charge in [-0.2, -0.15) is 0 Å². The minimum atomic E-state index is -0.707. The van der Waals surface area contributed by atoms with Crippen LogP contribution in [0.25, 0.3) is 10.9 Å². The van der Waals surface area contributed by atoms with Crippen molar-refractivity contribution >= 4 is 22.6 Å². The molecule has 0 aliphatic rings.